The summed E-state index contributed by atoms with van der Waals surface area (Å²) in [6, 6.07) is 7.47. The van der Waals surface area contributed by atoms with Crippen LogP contribution in [0, 0.1) is 0 Å². The lowest BCUT2D eigenvalue weighted by molar-refractivity contribution is 0.552. The largest absolute Gasteiger partial charge is 0.460 e. The average molecular weight is 162 g/mol. The van der Waals surface area contributed by atoms with Gasteiger partial charge in [0.15, 0.2) is 0 Å². The van der Waals surface area contributed by atoms with Crippen molar-refractivity contribution in [3.63, 3.8) is 0 Å². The highest BCUT2D eigenvalue weighted by Crippen LogP contribution is 2.24. The Hall–Kier alpha value is -1.48. The smallest absolute Gasteiger partial charge is 0.136 e. The maximum absolute atomic E-state index is 5.72. The monoisotopic (exact) mass is 162 g/mol. The lowest BCUT2D eigenvalue weighted by Gasteiger charge is -1.91. The molecule has 4 N–H and O–H groups in total. The fourth-order valence-electron chi connectivity index (χ4n) is 1.24. The van der Waals surface area contributed by atoms with Gasteiger partial charge in [-0.3, -0.25) is 0 Å². The SMILES string of the molecule is NCc1cc2c(N)cccc2o1. The van der Waals surface area contributed by atoms with Crippen molar-refractivity contribution >= 4 is 16.7 Å². The summed E-state index contributed by atoms with van der Waals surface area (Å²) < 4.78 is 5.39. The van der Waals surface area contributed by atoms with Gasteiger partial charge in [0.25, 0.3) is 0 Å². The second-order valence-electron chi connectivity index (χ2n) is 2.68. The summed E-state index contributed by atoms with van der Waals surface area (Å²) in [4.78, 5) is 0. The van der Waals surface area contributed by atoms with Crippen LogP contribution in [0.25, 0.3) is 11.0 Å². The van der Waals surface area contributed by atoms with E-state index in [1.807, 2.05) is 24.3 Å². The quantitative estimate of drug-likeness (QED) is 0.624. The van der Waals surface area contributed by atoms with Gasteiger partial charge in [-0.1, -0.05) is 6.07 Å². The zero-order valence-corrected chi connectivity index (χ0v) is 6.58. The van der Waals surface area contributed by atoms with E-state index in [2.05, 4.69) is 0 Å². The number of nitrogen functional groups attached to an aromatic ring is 1. The van der Waals surface area contributed by atoms with E-state index < -0.39 is 0 Å². The van der Waals surface area contributed by atoms with Crippen LogP contribution in [-0.4, -0.2) is 0 Å². The Labute approximate surface area is 70.0 Å². The highest BCUT2D eigenvalue weighted by atomic mass is 16.3. The van der Waals surface area contributed by atoms with E-state index in [4.69, 9.17) is 15.9 Å². The molecule has 0 atom stereocenters. The molecule has 0 spiro atoms. The van der Waals surface area contributed by atoms with Crippen LogP contribution >= 0.6 is 0 Å². The van der Waals surface area contributed by atoms with E-state index in [1.165, 1.54) is 0 Å². The molecule has 0 aliphatic rings. The lowest BCUT2D eigenvalue weighted by Crippen LogP contribution is -1.92. The molecule has 0 aliphatic carbocycles. The molecule has 12 heavy (non-hydrogen) atoms. The van der Waals surface area contributed by atoms with Crippen LogP contribution in [0.15, 0.2) is 28.7 Å². The molecule has 0 fully saturated rings. The second-order valence-corrected chi connectivity index (χ2v) is 2.68. The van der Waals surface area contributed by atoms with Gasteiger partial charge in [-0.15, -0.1) is 0 Å². The van der Waals surface area contributed by atoms with Crippen molar-refractivity contribution in [1.82, 2.24) is 0 Å². The first-order valence-electron chi connectivity index (χ1n) is 3.78. The molecule has 0 radical (unpaired) electrons. The van der Waals surface area contributed by atoms with Crippen LogP contribution in [-0.2, 0) is 6.54 Å². The number of hydrogen-bond acceptors (Lipinski definition) is 3. The third kappa shape index (κ3) is 0.950. The molecule has 1 aromatic heterocycles. The molecule has 0 saturated carbocycles. The van der Waals surface area contributed by atoms with Crippen molar-refractivity contribution in [1.29, 1.82) is 0 Å². The Morgan fingerprint density at radius 3 is 2.83 bits per heavy atom. The summed E-state index contributed by atoms with van der Waals surface area (Å²) in [6.07, 6.45) is 0. The Balaban J connectivity index is 2.74. The Kier molecular flexibility index (Phi) is 1.52. The first-order valence-corrected chi connectivity index (χ1v) is 3.78. The van der Waals surface area contributed by atoms with Gasteiger partial charge >= 0.3 is 0 Å². The second kappa shape index (κ2) is 2.53. The molecule has 0 aliphatic heterocycles. The summed E-state index contributed by atoms with van der Waals surface area (Å²) in [6.45, 7) is 0.411. The number of nitrogens with two attached hydrogens (primary N) is 2. The van der Waals surface area contributed by atoms with Crippen molar-refractivity contribution in [2.45, 2.75) is 6.54 Å². The van der Waals surface area contributed by atoms with Gasteiger partial charge in [0.2, 0.25) is 0 Å². The molecule has 0 saturated heterocycles. The molecule has 3 heteroatoms. The van der Waals surface area contributed by atoms with Gasteiger partial charge in [0, 0.05) is 11.1 Å². The highest BCUT2D eigenvalue weighted by molar-refractivity contribution is 5.89. The third-order valence-corrected chi connectivity index (χ3v) is 1.85. The van der Waals surface area contributed by atoms with Crippen LogP contribution < -0.4 is 11.5 Å². The van der Waals surface area contributed by atoms with Crippen molar-refractivity contribution in [2.24, 2.45) is 5.73 Å². The Morgan fingerprint density at radius 1 is 1.33 bits per heavy atom. The molecule has 1 aromatic carbocycles. The summed E-state index contributed by atoms with van der Waals surface area (Å²) in [5.74, 6) is 0.767. The minimum absolute atomic E-state index is 0.411. The minimum Gasteiger partial charge on any atom is -0.460 e. The predicted octanol–water partition coefficient (Wildman–Crippen LogP) is 1.47. The molecule has 1 heterocycles. The first-order chi connectivity index (χ1) is 5.81. The van der Waals surface area contributed by atoms with E-state index in [1.54, 1.807) is 0 Å². The first kappa shape index (κ1) is 7.18. The van der Waals surface area contributed by atoms with E-state index in [0.29, 0.717) is 6.54 Å². The van der Waals surface area contributed by atoms with Crippen LogP contribution in [0.2, 0.25) is 0 Å². The van der Waals surface area contributed by atoms with Crippen LogP contribution in [0.3, 0.4) is 0 Å². The molecule has 2 rings (SSSR count). The van der Waals surface area contributed by atoms with Crippen LogP contribution in [0.5, 0.6) is 0 Å². The molecule has 62 valence electrons. The zero-order chi connectivity index (χ0) is 8.55. The molecule has 0 amide bonds. The number of hydrogen-bond donors (Lipinski definition) is 2. The lowest BCUT2D eigenvalue weighted by atomic mass is 10.2. The number of benzene rings is 1. The molecule has 2 aromatic rings. The maximum Gasteiger partial charge on any atom is 0.136 e. The summed E-state index contributed by atoms with van der Waals surface area (Å²) in [5, 5.41) is 0.943. The summed E-state index contributed by atoms with van der Waals surface area (Å²) >= 11 is 0. The number of furan rings is 1. The van der Waals surface area contributed by atoms with Crippen molar-refractivity contribution < 1.29 is 4.42 Å². The van der Waals surface area contributed by atoms with Gasteiger partial charge in [0.1, 0.15) is 11.3 Å². The average Bonchev–Trinajstić information content (AvgIpc) is 2.49. The predicted molar refractivity (Wildman–Crippen MR) is 48.5 cm³/mol. The van der Waals surface area contributed by atoms with Gasteiger partial charge in [-0.2, -0.15) is 0 Å². The standard InChI is InChI=1S/C9H10N2O/c10-5-6-4-7-8(11)2-1-3-9(7)12-6/h1-4H,5,10-11H2. The Morgan fingerprint density at radius 2 is 2.17 bits per heavy atom. The molecular formula is C9H10N2O. The van der Waals surface area contributed by atoms with E-state index in [9.17, 15) is 0 Å². The van der Waals surface area contributed by atoms with Gasteiger partial charge < -0.3 is 15.9 Å². The summed E-state index contributed by atoms with van der Waals surface area (Å²) in [5.41, 5.74) is 12.7. The third-order valence-electron chi connectivity index (χ3n) is 1.85. The number of rotatable bonds is 1. The normalized spacial score (nSPS) is 10.8. The molecule has 0 bridgehead atoms. The van der Waals surface area contributed by atoms with Crippen LogP contribution in [0.1, 0.15) is 5.76 Å². The van der Waals surface area contributed by atoms with E-state index in [0.717, 1.165) is 22.4 Å². The van der Waals surface area contributed by atoms with Gasteiger partial charge in [-0.05, 0) is 18.2 Å². The number of fused-ring (bicyclic) bond motifs is 1. The summed E-state index contributed by atoms with van der Waals surface area (Å²) in [7, 11) is 0. The number of anilines is 1. The maximum atomic E-state index is 5.72. The van der Waals surface area contributed by atoms with Gasteiger partial charge in [-0.25, -0.2) is 0 Å². The Bertz CT molecular complexity index is 406. The van der Waals surface area contributed by atoms with Gasteiger partial charge in [0.05, 0.1) is 6.54 Å². The molecular weight excluding hydrogens is 152 g/mol. The molecule has 0 unspecified atom stereocenters. The fraction of sp³-hybridized carbons (Fsp3) is 0.111. The zero-order valence-electron chi connectivity index (χ0n) is 6.58. The topological polar surface area (TPSA) is 65.2 Å². The highest BCUT2D eigenvalue weighted by Gasteiger charge is 2.03. The van der Waals surface area contributed by atoms with Crippen molar-refractivity contribution in [3.05, 3.63) is 30.0 Å². The fourth-order valence-corrected chi connectivity index (χ4v) is 1.24. The van der Waals surface area contributed by atoms with Crippen molar-refractivity contribution in [3.8, 4) is 0 Å². The van der Waals surface area contributed by atoms with E-state index >= 15 is 0 Å². The van der Waals surface area contributed by atoms with Crippen molar-refractivity contribution in [2.75, 3.05) is 5.73 Å². The van der Waals surface area contributed by atoms with E-state index in [-0.39, 0.29) is 0 Å². The minimum atomic E-state index is 0.411. The van der Waals surface area contributed by atoms with Crippen LogP contribution in [0.4, 0.5) is 5.69 Å². The molecule has 3 nitrogen and oxygen atoms in total.